The van der Waals surface area contributed by atoms with Crippen LogP contribution in [0.1, 0.15) is 16.7 Å². The third-order valence-electron chi connectivity index (χ3n) is 4.30. The molecule has 2 amide bonds. The summed E-state index contributed by atoms with van der Waals surface area (Å²) in [5.41, 5.74) is 2.12. The zero-order valence-corrected chi connectivity index (χ0v) is 18.7. The molecule has 0 heterocycles. The van der Waals surface area contributed by atoms with Gasteiger partial charge in [-0.1, -0.05) is 35.3 Å². The number of nitrogens with one attached hydrogen (secondary N) is 2. The number of rotatable bonds is 6. The molecule has 3 rings (SSSR count). The monoisotopic (exact) mass is 509 g/mol. The number of benzene rings is 3. The molecule has 11 heteroatoms. The van der Waals surface area contributed by atoms with Crippen LogP contribution in [0.4, 0.5) is 18.9 Å². The van der Waals surface area contributed by atoms with Gasteiger partial charge < -0.3 is 10.1 Å². The molecule has 0 fully saturated rings. The Bertz CT molecular complexity index is 1220. The van der Waals surface area contributed by atoms with Crippen molar-refractivity contribution >= 4 is 46.9 Å². The van der Waals surface area contributed by atoms with Crippen molar-refractivity contribution in [2.24, 2.45) is 5.10 Å². The third-order valence-corrected chi connectivity index (χ3v) is 4.87. The fraction of sp³-hybridized carbons (Fsp3) is 0.0870. The molecule has 34 heavy (non-hydrogen) atoms. The molecule has 3 aromatic rings. The Hall–Kier alpha value is -3.56. The minimum absolute atomic E-state index is 0.157. The van der Waals surface area contributed by atoms with Crippen molar-refractivity contribution in [1.29, 1.82) is 0 Å². The Balaban J connectivity index is 1.52. The molecule has 176 valence electrons. The number of hydrogen-bond donors (Lipinski definition) is 2. The second-order valence-electron chi connectivity index (χ2n) is 6.83. The first kappa shape index (κ1) is 25.1. The van der Waals surface area contributed by atoms with Crippen molar-refractivity contribution in [3.8, 4) is 5.75 Å². The lowest BCUT2D eigenvalue weighted by atomic mass is 10.2. The Kier molecular flexibility index (Phi) is 8.14. The fourth-order valence-corrected chi connectivity index (χ4v) is 3.01. The summed E-state index contributed by atoms with van der Waals surface area (Å²) >= 11 is 11.7. The topological polar surface area (TPSA) is 79.8 Å². The van der Waals surface area contributed by atoms with Gasteiger partial charge in [0.1, 0.15) is 12.4 Å². The molecule has 6 nitrogen and oxygen atoms in total. The van der Waals surface area contributed by atoms with Gasteiger partial charge in [-0.15, -0.1) is 0 Å². The van der Waals surface area contributed by atoms with E-state index in [0.717, 1.165) is 17.7 Å². The molecule has 0 aliphatic carbocycles. The number of anilines is 1. The van der Waals surface area contributed by atoms with Crippen molar-refractivity contribution in [2.45, 2.75) is 12.8 Å². The predicted molar refractivity (Wildman–Crippen MR) is 123 cm³/mol. The molecule has 0 radical (unpaired) electrons. The summed E-state index contributed by atoms with van der Waals surface area (Å²) in [7, 11) is 0. The van der Waals surface area contributed by atoms with E-state index < -0.39 is 23.6 Å². The Morgan fingerprint density at radius 1 is 0.971 bits per heavy atom. The first-order valence-corrected chi connectivity index (χ1v) is 10.4. The fourth-order valence-electron chi connectivity index (χ4n) is 2.64. The summed E-state index contributed by atoms with van der Waals surface area (Å²) in [5, 5.41) is 6.15. The van der Waals surface area contributed by atoms with Crippen molar-refractivity contribution in [2.75, 3.05) is 5.32 Å². The SMILES string of the molecule is O=C(N/N=C/c1ccc(OCc2cccc(Cl)c2)cc1)C(=O)Nc1cc(C(F)(F)F)ccc1Cl. The Morgan fingerprint density at radius 2 is 1.71 bits per heavy atom. The number of carbonyl (C=O) groups is 2. The van der Waals surface area contributed by atoms with E-state index >= 15 is 0 Å². The van der Waals surface area contributed by atoms with Gasteiger partial charge in [0.25, 0.3) is 0 Å². The smallest absolute Gasteiger partial charge is 0.416 e. The molecule has 0 unspecified atom stereocenters. The largest absolute Gasteiger partial charge is 0.489 e. The first-order valence-electron chi connectivity index (χ1n) is 9.60. The van der Waals surface area contributed by atoms with E-state index in [2.05, 4.69) is 5.10 Å². The van der Waals surface area contributed by atoms with E-state index in [1.807, 2.05) is 22.9 Å². The lowest BCUT2D eigenvalue weighted by Crippen LogP contribution is -2.32. The molecule has 0 bridgehead atoms. The molecule has 0 aromatic heterocycles. The molecule has 0 aliphatic rings. The Labute approximate surface area is 202 Å². The highest BCUT2D eigenvalue weighted by Crippen LogP contribution is 2.33. The number of alkyl halides is 3. The third kappa shape index (κ3) is 7.23. The Morgan fingerprint density at radius 3 is 2.38 bits per heavy atom. The summed E-state index contributed by atoms with van der Waals surface area (Å²) < 4.78 is 44.1. The van der Waals surface area contributed by atoms with Gasteiger partial charge in [-0.25, -0.2) is 5.43 Å². The molecular formula is C23H16Cl2F3N3O3. The van der Waals surface area contributed by atoms with Crippen LogP contribution in [0.2, 0.25) is 10.0 Å². The molecule has 3 aromatic carbocycles. The summed E-state index contributed by atoms with van der Waals surface area (Å²) in [4.78, 5) is 23.9. The van der Waals surface area contributed by atoms with Crippen LogP contribution in [0, 0.1) is 0 Å². The molecule has 0 spiro atoms. The number of carbonyl (C=O) groups excluding carboxylic acids is 2. The van der Waals surface area contributed by atoms with Gasteiger partial charge >= 0.3 is 18.0 Å². The number of nitrogens with zero attached hydrogens (tertiary/aromatic N) is 1. The molecule has 2 N–H and O–H groups in total. The van der Waals surface area contributed by atoms with Crippen molar-refractivity contribution in [3.05, 3.63) is 93.5 Å². The van der Waals surface area contributed by atoms with E-state index in [-0.39, 0.29) is 10.7 Å². The predicted octanol–water partition coefficient (Wildman–Crippen LogP) is 5.68. The summed E-state index contributed by atoms with van der Waals surface area (Å²) in [6.45, 7) is 0.328. The zero-order valence-electron chi connectivity index (χ0n) is 17.2. The number of halogens is 5. The minimum Gasteiger partial charge on any atom is -0.489 e. The summed E-state index contributed by atoms with van der Waals surface area (Å²) in [6.07, 6.45) is -3.35. The van der Waals surface area contributed by atoms with Crippen LogP contribution in [0.3, 0.4) is 0 Å². The number of hydrogen-bond acceptors (Lipinski definition) is 4. The average molecular weight is 510 g/mol. The van der Waals surface area contributed by atoms with Gasteiger partial charge in [0.15, 0.2) is 0 Å². The van der Waals surface area contributed by atoms with Gasteiger partial charge in [-0.2, -0.15) is 18.3 Å². The molecule has 0 saturated carbocycles. The van der Waals surface area contributed by atoms with E-state index in [4.69, 9.17) is 27.9 Å². The minimum atomic E-state index is -4.63. The number of ether oxygens (including phenoxy) is 1. The maximum absolute atomic E-state index is 12.8. The van der Waals surface area contributed by atoms with Crippen LogP contribution in [-0.4, -0.2) is 18.0 Å². The van der Waals surface area contributed by atoms with Crippen molar-refractivity contribution < 1.29 is 27.5 Å². The molecule has 0 atom stereocenters. The van der Waals surface area contributed by atoms with Gasteiger partial charge in [-0.3, -0.25) is 9.59 Å². The van der Waals surface area contributed by atoms with E-state index in [0.29, 0.717) is 29.0 Å². The lowest BCUT2D eigenvalue weighted by Gasteiger charge is -2.11. The van der Waals surface area contributed by atoms with Gasteiger partial charge in [-0.05, 0) is 65.7 Å². The van der Waals surface area contributed by atoms with Crippen LogP contribution < -0.4 is 15.5 Å². The number of hydrazone groups is 1. The zero-order chi connectivity index (χ0) is 24.7. The highest BCUT2D eigenvalue weighted by atomic mass is 35.5. The lowest BCUT2D eigenvalue weighted by molar-refractivity contribution is -0.137. The standard InChI is InChI=1S/C23H16Cl2F3N3O3/c24-17-3-1-2-15(10-17)13-34-18-7-4-14(5-8-18)12-29-31-22(33)21(32)30-20-11-16(23(26,27)28)6-9-19(20)25/h1-12H,13H2,(H,30,32)(H,31,33)/b29-12+. The van der Waals surface area contributed by atoms with Crippen LogP contribution in [-0.2, 0) is 22.4 Å². The van der Waals surface area contributed by atoms with Crippen molar-refractivity contribution in [1.82, 2.24) is 5.43 Å². The van der Waals surface area contributed by atoms with E-state index in [1.54, 1.807) is 36.4 Å². The summed E-state index contributed by atoms with van der Waals surface area (Å²) in [5.74, 6) is -1.83. The second kappa shape index (κ2) is 11.0. The van der Waals surface area contributed by atoms with Crippen LogP contribution >= 0.6 is 23.2 Å². The molecule has 0 aliphatic heterocycles. The number of amides is 2. The average Bonchev–Trinajstić information content (AvgIpc) is 2.79. The first-order chi connectivity index (χ1) is 16.1. The van der Waals surface area contributed by atoms with Gasteiger partial charge in [0.05, 0.1) is 22.5 Å². The van der Waals surface area contributed by atoms with Crippen molar-refractivity contribution in [3.63, 3.8) is 0 Å². The van der Waals surface area contributed by atoms with E-state index in [9.17, 15) is 22.8 Å². The summed E-state index contributed by atoms with van der Waals surface area (Å²) in [6, 6.07) is 16.4. The van der Waals surface area contributed by atoms with Crippen LogP contribution in [0.25, 0.3) is 0 Å². The quantitative estimate of drug-likeness (QED) is 0.255. The van der Waals surface area contributed by atoms with Gasteiger partial charge in [0.2, 0.25) is 0 Å². The normalized spacial score (nSPS) is 11.3. The maximum Gasteiger partial charge on any atom is 0.416 e. The van der Waals surface area contributed by atoms with E-state index in [1.165, 1.54) is 6.21 Å². The van der Waals surface area contributed by atoms with Crippen LogP contribution in [0.15, 0.2) is 71.8 Å². The molecule has 0 saturated heterocycles. The molecular weight excluding hydrogens is 494 g/mol. The second-order valence-corrected chi connectivity index (χ2v) is 7.68. The maximum atomic E-state index is 12.8. The highest BCUT2D eigenvalue weighted by molar-refractivity contribution is 6.41. The van der Waals surface area contributed by atoms with Gasteiger partial charge in [0, 0.05) is 5.02 Å². The van der Waals surface area contributed by atoms with Crippen LogP contribution in [0.5, 0.6) is 5.75 Å². The highest BCUT2D eigenvalue weighted by Gasteiger charge is 2.31.